The van der Waals surface area contributed by atoms with Crippen LogP contribution in [0.1, 0.15) is 31.4 Å². The van der Waals surface area contributed by atoms with Crippen LogP contribution in [0, 0.1) is 17.8 Å². The Kier molecular flexibility index (Phi) is 2.76. The van der Waals surface area contributed by atoms with Crippen molar-refractivity contribution in [3.63, 3.8) is 0 Å². The molecule has 0 amide bonds. The van der Waals surface area contributed by atoms with Crippen molar-refractivity contribution in [1.82, 2.24) is 10.1 Å². The van der Waals surface area contributed by atoms with E-state index in [1.54, 1.807) is 6.20 Å². The number of anilines is 1. The minimum absolute atomic E-state index is 0.483. The lowest BCUT2D eigenvalue weighted by Gasteiger charge is -2.20. The molecule has 2 fully saturated rings. The fourth-order valence-electron chi connectivity index (χ4n) is 4.16. The van der Waals surface area contributed by atoms with E-state index in [0.29, 0.717) is 5.82 Å². The molecule has 20 heavy (non-hydrogen) atoms. The summed E-state index contributed by atoms with van der Waals surface area (Å²) < 4.78 is 5.52. The molecule has 3 atom stereocenters. The van der Waals surface area contributed by atoms with Crippen LogP contribution < -0.4 is 5.73 Å². The molecule has 2 aromatic heterocycles. The number of fused-ring (bicyclic) bond motifs is 2. The molecule has 0 saturated heterocycles. The molecular weight excluding hydrogens is 250 g/mol. The van der Waals surface area contributed by atoms with Crippen molar-refractivity contribution in [2.24, 2.45) is 17.8 Å². The van der Waals surface area contributed by atoms with E-state index in [4.69, 9.17) is 10.3 Å². The second-order valence-electron chi connectivity index (χ2n) is 6.25. The molecule has 2 aliphatic carbocycles. The predicted molar refractivity (Wildman–Crippen MR) is 76.8 cm³/mol. The molecule has 2 saturated carbocycles. The van der Waals surface area contributed by atoms with Gasteiger partial charge in [0.15, 0.2) is 5.82 Å². The Morgan fingerprint density at radius 1 is 1.30 bits per heavy atom. The Balaban J connectivity index is 1.63. The van der Waals surface area contributed by atoms with E-state index in [-0.39, 0.29) is 0 Å². The third kappa shape index (κ3) is 1.90. The maximum absolute atomic E-state index is 5.99. The summed E-state index contributed by atoms with van der Waals surface area (Å²) in [6, 6.07) is 3.93. The minimum Gasteiger partial charge on any atom is -0.380 e. The average molecular weight is 269 g/mol. The van der Waals surface area contributed by atoms with Crippen LogP contribution in [-0.4, -0.2) is 10.1 Å². The maximum Gasteiger partial charge on any atom is 0.175 e. The van der Waals surface area contributed by atoms with Crippen molar-refractivity contribution in [2.75, 3.05) is 5.73 Å². The lowest BCUT2D eigenvalue weighted by Crippen LogP contribution is -2.13. The van der Waals surface area contributed by atoms with Crippen molar-refractivity contribution in [1.29, 1.82) is 0 Å². The molecule has 0 spiro atoms. The van der Waals surface area contributed by atoms with E-state index in [1.807, 2.05) is 18.3 Å². The summed E-state index contributed by atoms with van der Waals surface area (Å²) in [6.45, 7) is 0. The van der Waals surface area contributed by atoms with Gasteiger partial charge in [0.05, 0.1) is 5.56 Å². The molecule has 2 aliphatic rings. The number of aromatic nitrogens is 2. The highest BCUT2D eigenvalue weighted by atomic mass is 16.5. The fraction of sp³-hybridized carbons (Fsp3) is 0.500. The number of nitrogens with zero attached hydrogens (tertiary/aromatic N) is 2. The summed E-state index contributed by atoms with van der Waals surface area (Å²) in [5, 5.41) is 3.97. The van der Waals surface area contributed by atoms with Gasteiger partial charge in [-0.2, -0.15) is 0 Å². The first kappa shape index (κ1) is 11.9. The molecule has 0 aliphatic heterocycles. The van der Waals surface area contributed by atoms with Crippen molar-refractivity contribution in [2.45, 2.75) is 32.1 Å². The highest BCUT2D eigenvalue weighted by Gasteiger charge is 2.40. The number of pyridine rings is 1. The van der Waals surface area contributed by atoms with Crippen molar-refractivity contribution in [3.8, 4) is 11.1 Å². The second-order valence-corrected chi connectivity index (χ2v) is 6.25. The van der Waals surface area contributed by atoms with Crippen LogP contribution in [0.2, 0.25) is 0 Å². The summed E-state index contributed by atoms with van der Waals surface area (Å²) in [5.41, 5.74) is 7.94. The molecule has 4 nitrogen and oxygen atoms in total. The molecule has 2 N–H and O–H groups in total. The van der Waals surface area contributed by atoms with Crippen molar-refractivity contribution < 1.29 is 4.52 Å². The summed E-state index contributed by atoms with van der Waals surface area (Å²) in [7, 11) is 0. The van der Waals surface area contributed by atoms with Gasteiger partial charge in [0.25, 0.3) is 0 Å². The lowest BCUT2D eigenvalue weighted by molar-refractivity contribution is 0.294. The van der Waals surface area contributed by atoms with Gasteiger partial charge in [0.2, 0.25) is 0 Å². The van der Waals surface area contributed by atoms with E-state index >= 15 is 0 Å². The van der Waals surface area contributed by atoms with Crippen molar-refractivity contribution in [3.05, 3.63) is 30.3 Å². The molecule has 3 unspecified atom stereocenters. The molecule has 4 heteroatoms. The molecule has 2 aromatic rings. The van der Waals surface area contributed by atoms with Gasteiger partial charge < -0.3 is 10.3 Å². The zero-order valence-corrected chi connectivity index (χ0v) is 11.5. The summed E-state index contributed by atoms with van der Waals surface area (Å²) >= 11 is 0. The van der Waals surface area contributed by atoms with E-state index in [0.717, 1.165) is 41.1 Å². The average Bonchev–Trinajstić information content (AvgIpc) is 3.16. The Hall–Kier alpha value is -1.84. The van der Waals surface area contributed by atoms with Crippen LogP contribution in [0.5, 0.6) is 0 Å². The number of nitrogen functional groups attached to an aromatic ring is 1. The van der Waals surface area contributed by atoms with E-state index < -0.39 is 0 Å². The molecule has 2 bridgehead atoms. The SMILES string of the molecule is Nc1noc(CC2CC3CCC2C3)c1-c1cccnc1. The van der Waals surface area contributed by atoms with Crippen LogP contribution >= 0.6 is 0 Å². The minimum atomic E-state index is 0.483. The van der Waals surface area contributed by atoms with Crippen LogP contribution in [0.25, 0.3) is 11.1 Å². The van der Waals surface area contributed by atoms with Gasteiger partial charge in [-0.3, -0.25) is 4.98 Å². The van der Waals surface area contributed by atoms with Gasteiger partial charge in [-0.1, -0.05) is 17.6 Å². The predicted octanol–water partition coefficient (Wildman–Crippen LogP) is 3.30. The smallest absolute Gasteiger partial charge is 0.175 e. The van der Waals surface area contributed by atoms with E-state index in [2.05, 4.69) is 10.1 Å². The topological polar surface area (TPSA) is 64.9 Å². The van der Waals surface area contributed by atoms with Gasteiger partial charge in [-0.15, -0.1) is 0 Å². The van der Waals surface area contributed by atoms with Gasteiger partial charge in [-0.05, 0) is 43.1 Å². The monoisotopic (exact) mass is 269 g/mol. The molecule has 104 valence electrons. The first-order valence-corrected chi connectivity index (χ1v) is 7.45. The third-order valence-corrected chi connectivity index (χ3v) is 5.07. The van der Waals surface area contributed by atoms with Gasteiger partial charge in [0, 0.05) is 24.4 Å². The summed E-state index contributed by atoms with van der Waals surface area (Å²) in [5.74, 6) is 4.00. The molecule has 4 rings (SSSR count). The molecule has 2 heterocycles. The zero-order chi connectivity index (χ0) is 13.5. The quantitative estimate of drug-likeness (QED) is 0.928. The third-order valence-electron chi connectivity index (χ3n) is 5.07. The molecule has 0 radical (unpaired) electrons. The van der Waals surface area contributed by atoms with Crippen LogP contribution in [0.4, 0.5) is 5.82 Å². The Bertz CT molecular complexity index is 607. The molecule has 0 aromatic carbocycles. The fourth-order valence-corrected chi connectivity index (χ4v) is 4.16. The Labute approximate surface area is 118 Å². The van der Waals surface area contributed by atoms with Gasteiger partial charge in [-0.25, -0.2) is 0 Å². The first-order valence-electron chi connectivity index (χ1n) is 7.45. The lowest BCUT2D eigenvalue weighted by atomic mass is 9.85. The van der Waals surface area contributed by atoms with E-state index in [9.17, 15) is 0 Å². The van der Waals surface area contributed by atoms with Crippen LogP contribution in [0.3, 0.4) is 0 Å². The summed E-state index contributed by atoms with van der Waals surface area (Å²) in [6.07, 6.45) is 10.1. The van der Waals surface area contributed by atoms with E-state index in [1.165, 1.54) is 25.7 Å². The second kappa shape index (κ2) is 4.62. The number of hydrogen-bond donors (Lipinski definition) is 1. The normalized spacial score (nSPS) is 28.1. The Morgan fingerprint density at radius 2 is 2.25 bits per heavy atom. The molecular formula is C16H19N3O. The van der Waals surface area contributed by atoms with Gasteiger partial charge >= 0.3 is 0 Å². The first-order chi connectivity index (χ1) is 9.81. The highest BCUT2D eigenvalue weighted by Crippen LogP contribution is 2.50. The highest BCUT2D eigenvalue weighted by molar-refractivity contribution is 5.74. The number of hydrogen-bond acceptors (Lipinski definition) is 4. The Morgan fingerprint density at radius 3 is 2.95 bits per heavy atom. The number of nitrogens with two attached hydrogens (primary N) is 1. The van der Waals surface area contributed by atoms with Crippen LogP contribution in [-0.2, 0) is 6.42 Å². The maximum atomic E-state index is 5.99. The zero-order valence-electron chi connectivity index (χ0n) is 11.5. The standard InChI is InChI=1S/C16H19N3O/c17-16-15(12-2-1-5-18-9-12)14(20-19-16)8-13-7-10-3-4-11(13)6-10/h1-2,5,9-11,13H,3-4,6-8H2,(H2,17,19). The van der Waals surface area contributed by atoms with Crippen molar-refractivity contribution >= 4 is 5.82 Å². The van der Waals surface area contributed by atoms with Gasteiger partial charge in [0.1, 0.15) is 5.76 Å². The summed E-state index contributed by atoms with van der Waals surface area (Å²) in [4.78, 5) is 4.17. The largest absolute Gasteiger partial charge is 0.380 e. The number of rotatable bonds is 3. The van der Waals surface area contributed by atoms with Crippen LogP contribution in [0.15, 0.2) is 29.0 Å².